The highest BCUT2D eigenvalue weighted by Gasteiger charge is 2.40. The van der Waals surface area contributed by atoms with E-state index in [2.05, 4.69) is 16.5 Å². The van der Waals surface area contributed by atoms with Gasteiger partial charge < -0.3 is 29.3 Å². The number of carbonyl (C=O) groups excluding carboxylic acids is 3. The fraction of sp³-hybridized carbons (Fsp3) is 0.581. The van der Waals surface area contributed by atoms with Gasteiger partial charge in [0.1, 0.15) is 17.6 Å². The molecule has 2 aliphatic heterocycles. The minimum absolute atomic E-state index is 0.0794. The van der Waals surface area contributed by atoms with Gasteiger partial charge in [0.2, 0.25) is 11.8 Å². The highest BCUT2D eigenvalue weighted by Crippen LogP contribution is 2.33. The summed E-state index contributed by atoms with van der Waals surface area (Å²) >= 11 is 0. The number of hydrogen-bond acceptors (Lipinski definition) is 8. The van der Waals surface area contributed by atoms with Crippen LogP contribution in [0.5, 0.6) is 0 Å². The van der Waals surface area contributed by atoms with E-state index in [-0.39, 0.29) is 29.9 Å². The highest BCUT2D eigenvalue weighted by molar-refractivity contribution is 5.91. The molecule has 1 N–H and O–H groups in total. The van der Waals surface area contributed by atoms with Crippen LogP contribution in [0.1, 0.15) is 83.2 Å². The molecule has 3 atom stereocenters. The summed E-state index contributed by atoms with van der Waals surface area (Å²) in [4.78, 5) is 45.0. The third kappa shape index (κ3) is 7.22. The standard InChI is InChI=1S/C31H42N6O5/c1-20(2)27(25-18-26(34-42-25)35-14-16-36(17-15-35)30(40)41-31(4,5)6)29(39)37-13-7-8-24(37)28(38)33-21(3)23-11-9-22(19-32)10-12-23/h9-12,18,20-21,24,27H,7-8,13-17H2,1-6H3,(H,33,38). The maximum absolute atomic E-state index is 13.9. The Bertz CT molecular complexity index is 1300. The summed E-state index contributed by atoms with van der Waals surface area (Å²) in [5.74, 6) is 0.0890. The van der Waals surface area contributed by atoms with Crippen LogP contribution in [0.3, 0.4) is 0 Å². The van der Waals surface area contributed by atoms with Crippen LogP contribution in [0.2, 0.25) is 0 Å². The number of nitrogens with zero attached hydrogens (tertiary/aromatic N) is 5. The SMILES string of the molecule is CC(NC(=O)C1CCCN1C(=O)C(c1cc(N2CCN(C(=O)OC(C)(C)C)CC2)no1)C(C)C)c1ccc(C#N)cc1. The number of anilines is 1. The number of amides is 3. The van der Waals surface area contributed by atoms with Crippen molar-refractivity contribution in [3.05, 3.63) is 47.2 Å². The second-order valence-corrected chi connectivity index (χ2v) is 12.4. The van der Waals surface area contributed by atoms with Crippen LogP contribution in [0.15, 0.2) is 34.9 Å². The Morgan fingerprint density at radius 3 is 2.33 bits per heavy atom. The van der Waals surface area contributed by atoms with Crippen LogP contribution in [0.25, 0.3) is 0 Å². The molecule has 0 aliphatic carbocycles. The van der Waals surface area contributed by atoms with E-state index in [1.165, 1.54) is 0 Å². The zero-order valence-corrected chi connectivity index (χ0v) is 25.4. The van der Waals surface area contributed by atoms with Gasteiger partial charge in [-0.2, -0.15) is 5.26 Å². The molecule has 1 aromatic carbocycles. The quantitative estimate of drug-likeness (QED) is 0.517. The second kappa shape index (κ2) is 12.8. The zero-order valence-electron chi connectivity index (χ0n) is 25.4. The van der Waals surface area contributed by atoms with Gasteiger partial charge in [-0.05, 0) is 64.2 Å². The number of likely N-dealkylation sites (tertiary alicyclic amines) is 1. The van der Waals surface area contributed by atoms with Crippen LogP contribution in [-0.2, 0) is 14.3 Å². The zero-order chi connectivity index (χ0) is 30.6. The Morgan fingerprint density at radius 2 is 1.74 bits per heavy atom. The minimum Gasteiger partial charge on any atom is -0.444 e. The molecule has 42 heavy (non-hydrogen) atoms. The monoisotopic (exact) mass is 578 g/mol. The van der Waals surface area contributed by atoms with E-state index in [4.69, 9.17) is 14.5 Å². The molecule has 3 heterocycles. The Labute approximate surface area is 247 Å². The molecule has 0 bridgehead atoms. The van der Waals surface area contributed by atoms with E-state index in [1.54, 1.807) is 21.9 Å². The number of aromatic nitrogens is 1. The maximum Gasteiger partial charge on any atom is 0.410 e. The summed E-state index contributed by atoms with van der Waals surface area (Å²) in [5, 5.41) is 16.4. The second-order valence-electron chi connectivity index (χ2n) is 12.4. The normalized spacial score (nSPS) is 18.9. The predicted molar refractivity (Wildman–Crippen MR) is 157 cm³/mol. The molecule has 3 unspecified atom stereocenters. The summed E-state index contributed by atoms with van der Waals surface area (Å²) in [7, 11) is 0. The van der Waals surface area contributed by atoms with Crippen molar-refractivity contribution >= 4 is 23.7 Å². The lowest BCUT2D eigenvalue weighted by Gasteiger charge is -2.35. The van der Waals surface area contributed by atoms with Crippen molar-refractivity contribution in [3.8, 4) is 6.07 Å². The van der Waals surface area contributed by atoms with Gasteiger partial charge in [0.05, 0.1) is 17.7 Å². The minimum atomic E-state index is -0.585. The Hall–Kier alpha value is -4.07. The van der Waals surface area contributed by atoms with Crippen LogP contribution in [0.4, 0.5) is 10.6 Å². The van der Waals surface area contributed by atoms with E-state index in [1.807, 2.05) is 64.6 Å². The number of ether oxygens (including phenoxy) is 1. The lowest BCUT2D eigenvalue weighted by Crippen LogP contribution is -2.50. The molecule has 11 heteroatoms. The van der Waals surface area contributed by atoms with Gasteiger partial charge in [-0.15, -0.1) is 0 Å². The van der Waals surface area contributed by atoms with E-state index < -0.39 is 17.6 Å². The fourth-order valence-corrected chi connectivity index (χ4v) is 5.48. The van der Waals surface area contributed by atoms with Crippen molar-refractivity contribution in [2.75, 3.05) is 37.6 Å². The molecule has 2 saturated heterocycles. The van der Waals surface area contributed by atoms with E-state index in [0.717, 1.165) is 12.0 Å². The third-order valence-corrected chi connectivity index (χ3v) is 7.75. The average Bonchev–Trinajstić information content (AvgIpc) is 3.63. The van der Waals surface area contributed by atoms with E-state index in [9.17, 15) is 14.4 Å². The highest BCUT2D eigenvalue weighted by atomic mass is 16.6. The first-order valence-corrected chi connectivity index (χ1v) is 14.7. The average molecular weight is 579 g/mol. The van der Waals surface area contributed by atoms with Crippen molar-refractivity contribution in [2.45, 2.75) is 78.0 Å². The van der Waals surface area contributed by atoms with Crippen molar-refractivity contribution in [2.24, 2.45) is 5.92 Å². The van der Waals surface area contributed by atoms with Crippen molar-refractivity contribution in [1.29, 1.82) is 5.26 Å². The summed E-state index contributed by atoms with van der Waals surface area (Å²) in [6.07, 6.45) is 0.999. The van der Waals surface area contributed by atoms with Gasteiger partial charge in [-0.3, -0.25) is 9.59 Å². The van der Waals surface area contributed by atoms with Crippen LogP contribution >= 0.6 is 0 Å². The molecule has 0 saturated carbocycles. The first-order chi connectivity index (χ1) is 19.9. The number of nitrogens with one attached hydrogen (secondary N) is 1. The number of nitriles is 1. The Balaban J connectivity index is 1.40. The summed E-state index contributed by atoms with van der Waals surface area (Å²) in [6.45, 7) is 14.0. The number of carbonyl (C=O) groups is 3. The van der Waals surface area contributed by atoms with E-state index in [0.29, 0.717) is 56.3 Å². The lowest BCUT2D eigenvalue weighted by molar-refractivity contribution is -0.141. The Kier molecular flexibility index (Phi) is 9.44. The van der Waals surface area contributed by atoms with Gasteiger partial charge in [-0.25, -0.2) is 4.79 Å². The molecular formula is C31H42N6O5. The number of benzene rings is 1. The largest absolute Gasteiger partial charge is 0.444 e. The topological polar surface area (TPSA) is 132 Å². The first-order valence-electron chi connectivity index (χ1n) is 14.7. The van der Waals surface area contributed by atoms with Gasteiger partial charge in [0.25, 0.3) is 0 Å². The third-order valence-electron chi connectivity index (χ3n) is 7.75. The fourth-order valence-electron chi connectivity index (χ4n) is 5.48. The molecule has 0 spiro atoms. The molecule has 2 fully saturated rings. The summed E-state index contributed by atoms with van der Waals surface area (Å²) in [6, 6.07) is 10.2. The smallest absolute Gasteiger partial charge is 0.410 e. The molecule has 3 amide bonds. The van der Waals surface area contributed by atoms with Crippen molar-refractivity contribution in [1.82, 2.24) is 20.3 Å². The van der Waals surface area contributed by atoms with Gasteiger partial charge in [0, 0.05) is 38.8 Å². The molecule has 226 valence electrons. The predicted octanol–water partition coefficient (Wildman–Crippen LogP) is 4.21. The molecule has 2 aliphatic rings. The molecule has 2 aromatic rings. The van der Waals surface area contributed by atoms with Crippen molar-refractivity contribution < 1.29 is 23.6 Å². The Morgan fingerprint density at radius 1 is 1.07 bits per heavy atom. The first kappa shape index (κ1) is 30.9. The lowest BCUT2D eigenvalue weighted by atomic mass is 9.91. The number of rotatable bonds is 7. The molecule has 1 aromatic heterocycles. The van der Waals surface area contributed by atoms with Gasteiger partial charge in [-0.1, -0.05) is 31.1 Å². The van der Waals surface area contributed by atoms with Gasteiger partial charge in [0.15, 0.2) is 11.6 Å². The molecule has 0 radical (unpaired) electrons. The molecular weight excluding hydrogens is 536 g/mol. The van der Waals surface area contributed by atoms with E-state index >= 15 is 0 Å². The van der Waals surface area contributed by atoms with Crippen LogP contribution in [0, 0.1) is 17.2 Å². The maximum atomic E-state index is 13.9. The summed E-state index contributed by atoms with van der Waals surface area (Å²) in [5.41, 5.74) is 0.897. The molecule has 4 rings (SSSR count). The van der Waals surface area contributed by atoms with Crippen LogP contribution < -0.4 is 10.2 Å². The number of piperazine rings is 1. The van der Waals surface area contributed by atoms with Crippen LogP contribution in [-0.4, -0.2) is 77.2 Å². The molecule has 11 nitrogen and oxygen atoms in total. The van der Waals surface area contributed by atoms with Gasteiger partial charge >= 0.3 is 6.09 Å². The summed E-state index contributed by atoms with van der Waals surface area (Å²) < 4.78 is 11.2. The number of hydrogen-bond donors (Lipinski definition) is 1. The van der Waals surface area contributed by atoms with Crippen molar-refractivity contribution in [3.63, 3.8) is 0 Å².